The zero-order chi connectivity index (χ0) is 19.9. The van der Waals surface area contributed by atoms with Crippen LogP contribution in [0.2, 0.25) is 0 Å². The van der Waals surface area contributed by atoms with Crippen LogP contribution < -0.4 is 10.1 Å². The molecular formula is C22H28N2O4. The van der Waals surface area contributed by atoms with Crippen molar-refractivity contribution in [1.29, 1.82) is 0 Å². The number of allylic oxidation sites excluding steroid dienone is 1. The molecule has 1 heterocycles. The number of ether oxygens (including phenoxy) is 1. The second-order valence-electron chi connectivity index (χ2n) is 7.60. The second kappa shape index (κ2) is 9.53. The summed E-state index contributed by atoms with van der Waals surface area (Å²) in [5, 5.41) is 3.02. The summed E-state index contributed by atoms with van der Waals surface area (Å²) in [6.45, 7) is 2.61. The molecule has 3 rings (SSSR count). The lowest BCUT2D eigenvalue weighted by molar-refractivity contribution is -0.132. The molecule has 1 saturated carbocycles. The van der Waals surface area contributed by atoms with E-state index >= 15 is 0 Å². The van der Waals surface area contributed by atoms with Crippen molar-refractivity contribution in [3.05, 3.63) is 42.0 Å². The number of benzene rings is 1. The van der Waals surface area contributed by atoms with Crippen molar-refractivity contribution in [2.75, 3.05) is 13.1 Å². The van der Waals surface area contributed by atoms with Crippen LogP contribution in [0.4, 0.5) is 0 Å². The molecule has 1 N–H and O–H groups in total. The fourth-order valence-corrected chi connectivity index (χ4v) is 3.85. The van der Waals surface area contributed by atoms with Gasteiger partial charge in [0.2, 0.25) is 5.91 Å². The molecule has 0 unspecified atom stereocenters. The van der Waals surface area contributed by atoms with Crippen molar-refractivity contribution >= 4 is 17.8 Å². The van der Waals surface area contributed by atoms with E-state index in [2.05, 4.69) is 11.4 Å². The van der Waals surface area contributed by atoms with Gasteiger partial charge in [0.1, 0.15) is 5.75 Å². The van der Waals surface area contributed by atoms with Crippen LogP contribution in [0, 0.1) is 5.92 Å². The van der Waals surface area contributed by atoms with Crippen molar-refractivity contribution in [1.82, 2.24) is 10.2 Å². The van der Waals surface area contributed by atoms with Crippen molar-refractivity contribution in [2.45, 2.75) is 51.5 Å². The van der Waals surface area contributed by atoms with Crippen LogP contribution in [0.25, 0.3) is 0 Å². The van der Waals surface area contributed by atoms with E-state index < -0.39 is 5.97 Å². The predicted molar refractivity (Wildman–Crippen MR) is 106 cm³/mol. The lowest BCUT2D eigenvalue weighted by Gasteiger charge is -2.31. The molecule has 0 radical (unpaired) electrons. The van der Waals surface area contributed by atoms with E-state index in [9.17, 15) is 14.4 Å². The Bertz CT molecular complexity index is 745. The van der Waals surface area contributed by atoms with Gasteiger partial charge >= 0.3 is 5.97 Å². The van der Waals surface area contributed by atoms with Gasteiger partial charge in [-0.25, -0.2) is 0 Å². The summed E-state index contributed by atoms with van der Waals surface area (Å²) in [6.07, 6.45) is 10.2. The predicted octanol–water partition coefficient (Wildman–Crippen LogP) is 3.08. The van der Waals surface area contributed by atoms with Gasteiger partial charge in [-0.15, -0.1) is 0 Å². The van der Waals surface area contributed by atoms with E-state index in [1.807, 2.05) is 4.90 Å². The smallest absolute Gasteiger partial charge is 0.308 e. The Hall–Kier alpha value is -2.63. The number of piperidine rings is 1. The first kappa shape index (κ1) is 20.1. The first-order chi connectivity index (χ1) is 13.5. The molecule has 0 bridgehead atoms. The van der Waals surface area contributed by atoms with Gasteiger partial charge in [0, 0.05) is 31.6 Å². The van der Waals surface area contributed by atoms with Gasteiger partial charge in [0.25, 0.3) is 5.91 Å². The van der Waals surface area contributed by atoms with Gasteiger partial charge in [-0.2, -0.15) is 0 Å². The summed E-state index contributed by atoms with van der Waals surface area (Å²) in [7, 11) is 0. The summed E-state index contributed by atoms with van der Waals surface area (Å²) in [5.74, 6) is 0.375. The molecule has 1 aliphatic heterocycles. The number of hydrogen-bond donors (Lipinski definition) is 1. The van der Waals surface area contributed by atoms with Crippen molar-refractivity contribution in [3.8, 4) is 5.75 Å². The zero-order valence-electron chi connectivity index (χ0n) is 16.4. The average molecular weight is 384 g/mol. The lowest BCUT2D eigenvalue weighted by Crippen LogP contribution is -2.46. The fraction of sp³-hybridized carbons (Fsp3) is 0.500. The minimum Gasteiger partial charge on any atom is -0.427 e. The fourth-order valence-electron chi connectivity index (χ4n) is 3.85. The van der Waals surface area contributed by atoms with Crippen LogP contribution in [0.15, 0.2) is 36.4 Å². The summed E-state index contributed by atoms with van der Waals surface area (Å²) in [4.78, 5) is 37.7. The summed E-state index contributed by atoms with van der Waals surface area (Å²) in [5.41, 5.74) is 0.455. The van der Waals surface area contributed by atoms with Crippen LogP contribution in [0.1, 0.15) is 55.8 Å². The number of rotatable bonds is 5. The Morgan fingerprint density at radius 2 is 1.82 bits per heavy atom. The standard InChI is InChI=1S/C22H28N2O4/c1-16(25)28-20-8-4-7-18(15-20)22(27)23-19-11-13-24(14-12-19)21(26)10-9-17-5-2-3-6-17/h4,7-10,15,17,19H,2-3,5-6,11-14H2,1H3,(H,23,27)/b10-9+. The number of carbonyl (C=O) groups is 3. The topological polar surface area (TPSA) is 75.7 Å². The van der Waals surface area contributed by atoms with E-state index in [1.165, 1.54) is 32.6 Å². The molecule has 150 valence electrons. The third-order valence-electron chi connectivity index (χ3n) is 5.41. The monoisotopic (exact) mass is 384 g/mol. The molecule has 1 aromatic rings. The number of likely N-dealkylation sites (tertiary alicyclic amines) is 1. The zero-order valence-corrected chi connectivity index (χ0v) is 16.4. The quantitative estimate of drug-likeness (QED) is 0.481. The van der Waals surface area contributed by atoms with Gasteiger partial charge < -0.3 is 15.0 Å². The van der Waals surface area contributed by atoms with E-state index in [4.69, 9.17) is 4.74 Å². The highest BCUT2D eigenvalue weighted by atomic mass is 16.5. The second-order valence-corrected chi connectivity index (χ2v) is 7.60. The number of amides is 2. The molecule has 6 nitrogen and oxygen atoms in total. The third kappa shape index (κ3) is 5.68. The Labute approximate surface area is 165 Å². The molecule has 1 aromatic carbocycles. The molecule has 2 fully saturated rings. The largest absolute Gasteiger partial charge is 0.427 e. The molecule has 28 heavy (non-hydrogen) atoms. The Morgan fingerprint density at radius 3 is 2.50 bits per heavy atom. The molecule has 2 aliphatic rings. The van der Waals surface area contributed by atoms with Crippen LogP contribution in [-0.4, -0.2) is 41.8 Å². The minimum absolute atomic E-state index is 0.0349. The van der Waals surface area contributed by atoms with Gasteiger partial charge in [0.15, 0.2) is 0 Å². The molecule has 0 spiro atoms. The van der Waals surface area contributed by atoms with E-state index in [0.717, 1.165) is 12.8 Å². The normalized spacial score (nSPS) is 18.4. The average Bonchev–Trinajstić information content (AvgIpc) is 3.20. The van der Waals surface area contributed by atoms with Gasteiger partial charge in [0.05, 0.1) is 0 Å². The molecule has 6 heteroatoms. The van der Waals surface area contributed by atoms with E-state index in [-0.39, 0.29) is 17.9 Å². The first-order valence-corrected chi connectivity index (χ1v) is 10.1. The summed E-state index contributed by atoms with van der Waals surface area (Å²) >= 11 is 0. The Morgan fingerprint density at radius 1 is 1.11 bits per heavy atom. The molecule has 1 aliphatic carbocycles. The number of esters is 1. The van der Waals surface area contributed by atoms with Crippen LogP contribution in [0.5, 0.6) is 5.75 Å². The Balaban J connectivity index is 1.46. The van der Waals surface area contributed by atoms with E-state index in [0.29, 0.717) is 30.3 Å². The van der Waals surface area contributed by atoms with Crippen molar-refractivity contribution in [2.24, 2.45) is 5.92 Å². The number of hydrogen-bond acceptors (Lipinski definition) is 4. The van der Waals surface area contributed by atoms with Crippen LogP contribution in [0.3, 0.4) is 0 Å². The lowest BCUT2D eigenvalue weighted by atomic mass is 10.0. The maximum atomic E-state index is 12.5. The molecule has 0 aromatic heterocycles. The van der Waals surface area contributed by atoms with Crippen LogP contribution in [-0.2, 0) is 9.59 Å². The third-order valence-corrected chi connectivity index (χ3v) is 5.41. The molecule has 2 amide bonds. The Kier molecular flexibility index (Phi) is 6.85. The highest BCUT2D eigenvalue weighted by molar-refractivity contribution is 5.95. The summed E-state index contributed by atoms with van der Waals surface area (Å²) in [6, 6.07) is 6.61. The maximum absolute atomic E-state index is 12.5. The van der Waals surface area contributed by atoms with Gasteiger partial charge in [-0.3, -0.25) is 14.4 Å². The number of carbonyl (C=O) groups excluding carboxylic acids is 3. The van der Waals surface area contributed by atoms with Crippen molar-refractivity contribution < 1.29 is 19.1 Å². The number of nitrogens with zero attached hydrogens (tertiary/aromatic N) is 1. The van der Waals surface area contributed by atoms with Crippen molar-refractivity contribution in [3.63, 3.8) is 0 Å². The minimum atomic E-state index is -0.420. The summed E-state index contributed by atoms with van der Waals surface area (Å²) < 4.78 is 5.03. The van der Waals surface area contributed by atoms with E-state index in [1.54, 1.807) is 30.3 Å². The molecule has 0 atom stereocenters. The molecule has 1 saturated heterocycles. The molecular weight excluding hydrogens is 356 g/mol. The van der Waals surface area contributed by atoms with Gasteiger partial charge in [-0.1, -0.05) is 25.0 Å². The van der Waals surface area contributed by atoms with Gasteiger partial charge in [-0.05, 0) is 55.9 Å². The van der Waals surface area contributed by atoms with Crippen LogP contribution >= 0.6 is 0 Å². The highest BCUT2D eigenvalue weighted by Gasteiger charge is 2.23. The SMILES string of the molecule is CC(=O)Oc1cccc(C(=O)NC2CCN(C(=O)/C=C/C3CCCC3)CC2)c1. The maximum Gasteiger partial charge on any atom is 0.308 e. The highest BCUT2D eigenvalue weighted by Crippen LogP contribution is 2.25. The first-order valence-electron chi connectivity index (χ1n) is 10.1. The number of nitrogens with one attached hydrogen (secondary N) is 1.